The summed E-state index contributed by atoms with van der Waals surface area (Å²) in [7, 11) is 0. The molecule has 1 N–H and O–H groups in total. The number of halogens is 1. The molecular weight excluding hydrogens is 389 g/mol. The minimum Gasteiger partial charge on any atom is -0.357 e. The number of aromatic nitrogens is 2. The fourth-order valence-electron chi connectivity index (χ4n) is 2.74. The Bertz CT molecular complexity index is 583. The van der Waals surface area contributed by atoms with Crippen LogP contribution >= 0.6 is 24.0 Å². The smallest absolute Gasteiger partial charge is 0.193 e. The topological polar surface area (TPSA) is 44.9 Å². The lowest BCUT2D eigenvalue weighted by molar-refractivity contribution is 0.494. The van der Waals surface area contributed by atoms with Crippen LogP contribution in [0.4, 0.5) is 0 Å². The second-order valence-corrected chi connectivity index (χ2v) is 5.38. The molecule has 0 saturated carbocycles. The fourth-order valence-corrected chi connectivity index (χ4v) is 2.74. The lowest BCUT2D eigenvalue weighted by atomic mass is 10.3. The highest BCUT2D eigenvalue weighted by Gasteiger charge is 2.15. The lowest BCUT2D eigenvalue weighted by Gasteiger charge is -2.20. The van der Waals surface area contributed by atoms with Crippen LogP contribution in [-0.4, -0.2) is 46.4 Å². The van der Waals surface area contributed by atoms with Gasteiger partial charge in [-0.2, -0.15) is 0 Å². The van der Waals surface area contributed by atoms with E-state index in [0.29, 0.717) is 0 Å². The molecule has 22 heavy (non-hydrogen) atoms. The van der Waals surface area contributed by atoms with Crippen molar-refractivity contribution in [2.24, 2.45) is 4.99 Å². The predicted molar refractivity (Wildman–Crippen MR) is 101 cm³/mol. The van der Waals surface area contributed by atoms with E-state index in [1.54, 1.807) is 0 Å². The summed E-state index contributed by atoms with van der Waals surface area (Å²) in [6.07, 6.45) is 7.55. The van der Waals surface area contributed by atoms with Crippen LogP contribution in [0, 0.1) is 0 Å². The fraction of sp³-hybridized carbons (Fsp3) is 0.500. The maximum absolute atomic E-state index is 4.74. The molecule has 1 fully saturated rings. The Morgan fingerprint density at radius 2 is 2.14 bits per heavy atom. The summed E-state index contributed by atoms with van der Waals surface area (Å²) < 4.78 is 2.06. The van der Waals surface area contributed by atoms with Gasteiger partial charge in [-0.3, -0.25) is 4.99 Å². The number of hydrogen-bond donors (Lipinski definition) is 1. The van der Waals surface area contributed by atoms with E-state index in [1.807, 2.05) is 24.4 Å². The normalized spacial score (nSPS) is 15.1. The zero-order valence-electron chi connectivity index (χ0n) is 13.0. The van der Waals surface area contributed by atoms with Gasteiger partial charge in [0.25, 0.3) is 0 Å². The molecule has 3 heterocycles. The summed E-state index contributed by atoms with van der Waals surface area (Å²) in [6, 6.07) is 6.06. The average Bonchev–Trinajstić information content (AvgIpc) is 3.15. The number of rotatable bonds is 4. The molecule has 1 saturated heterocycles. The van der Waals surface area contributed by atoms with Crippen LogP contribution in [-0.2, 0) is 6.42 Å². The Balaban J connectivity index is 0.00000176. The maximum Gasteiger partial charge on any atom is 0.193 e. The number of imidazole rings is 1. The number of guanidine groups is 1. The van der Waals surface area contributed by atoms with Crippen molar-refractivity contribution in [3.63, 3.8) is 0 Å². The van der Waals surface area contributed by atoms with Crippen LogP contribution in [0.5, 0.6) is 0 Å². The zero-order chi connectivity index (χ0) is 14.5. The SMILES string of the molecule is CCNC(=NCCc1cn2ccccc2n1)N1CCCC1.I. The third-order valence-electron chi connectivity index (χ3n) is 3.78. The Hall–Kier alpha value is -1.31. The van der Waals surface area contributed by atoms with Gasteiger partial charge in [0.05, 0.1) is 5.69 Å². The van der Waals surface area contributed by atoms with Gasteiger partial charge in [0.1, 0.15) is 5.65 Å². The summed E-state index contributed by atoms with van der Waals surface area (Å²) in [6.45, 7) is 6.07. The van der Waals surface area contributed by atoms with Gasteiger partial charge in [-0.05, 0) is 31.9 Å². The van der Waals surface area contributed by atoms with E-state index < -0.39 is 0 Å². The van der Waals surface area contributed by atoms with Crippen LogP contribution in [0.1, 0.15) is 25.5 Å². The molecule has 1 aliphatic rings. The van der Waals surface area contributed by atoms with Crippen LogP contribution in [0.3, 0.4) is 0 Å². The monoisotopic (exact) mass is 413 g/mol. The average molecular weight is 413 g/mol. The number of aliphatic imine (C=N–C) groups is 1. The third kappa shape index (κ3) is 4.12. The quantitative estimate of drug-likeness (QED) is 0.476. The first kappa shape index (κ1) is 17.1. The summed E-state index contributed by atoms with van der Waals surface area (Å²) in [5.41, 5.74) is 2.10. The first-order valence-electron chi connectivity index (χ1n) is 7.82. The van der Waals surface area contributed by atoms with Crippen LogP contribution < -0.4 is 5.32 Å². The summed E-state index contributed by atoms with van der Waals surface area (Å²) in [5.74, 6) is 1.05. The van der Waals surface area contributed by atoms with Crippen molar-refractivity contribution in [3.05, 3.63) is 36.3 Å². The van der Waals surface area contributed by atoms with Gasteiger partial charge in [-0.25, -0.2) is 4.98 Å². The molecule has 1 aliphatic heterocycles. The molecule has 3 rings (SSSR count). The van der Waals surface area contributed by atoms with Gasteiger partial charge in [-0.1, -0.05) is 6.07 Å². The molecule has 0 bridgehead atoms. The molecule has 0 amide bonds. The Labute approximate surface area is 148 Å². The second kappa shape index (κ2) is 8.36. The number of fused-ring (bicyclic) bond motifs is 1. The second-order valence-electron chi connectivity index (χ2n) is 5.38. The van der Waals surface area contributed by atoms with Crippen LogP contribution in [0.25, 0.3) is 5.65 Å². The molecule has 0 radical (unpaired) electrons. The van der Waals surface area contributed by atoms with E-state index >= 15 is 0 Å². The van der Waals surface area contributed by atoms with E-state index in [-0.39, 0.29) is 24.0 Å². The van der Waals surface area contributed by atoms with Crippen molar-refractivity contribution in [2.45, 2.75) is 26.2 Å². The number of likely N-dealkylation sites (tertiary alicyclic amines) is 1. The van der Waals surface area contributed by atoms with Crippen molar-refractivity contribution in [1.82, 2.24) is 19.6 Å². The molecular formula is C16H24IN5. The third-order valence-corrected chi connectivity index (χ3v) is 3.78. The number of hydrogen-bond acceptors (Lipinski definition) is 2. The Morgan fingerprint density at radius 3 is 2.86 bits per heavy atom. The molecule has 0 aliphatic carbocycles. The Kier molecular flexibility index (Phi) is 6.48. The predicted octanol–water partition coefficient (Wildman–Crippen LogP) is 2.56. The molecule has 2 aromatic heterocycles. The van der Waals surface area contributed by atoms with Gasteiger partial charge >= 0.3 is 0 Å². The van der Waals surface area contributed by atoms with Crippen LogP contribution in [0.2, 0.25) is 0 Å². The van der Waals surface area contributed by atoms with Crippen molar-refractivity contribution in [2.75, 3.05) is 26.2 Å². The standard InChI is InChI=1S/C16H23N5.HI/c1-2-17-16(20-10-5-6-11-20)18-9-8-14-13-21-12-4-3-7-15(21)19-14;/h3-4,7,12-13H,2,5-6,8-11H2,1H3,(H,17,18);1H. The van der Waals surface area contributed by atoms with Crippen molar-refractivity contribution >= 4 is 35.6 Å². The van der Waals surface area contributed by atoms with Gasteiger partial charge < -0.3 is 14.6 Å². The highest BCUT2D eigenvalue weighted by molar-refractivity contribution is 14.0. The molecule has 6 heteroatoms. The molecule has 0 aromatic carbocycles. The number of nitrogens with zero attached hydrogens (tertiary/aromatic N) is 4. The van der Waals surface area contributed by atoms with E-state index in [2.05, 4.69) is 32.7 Å². The molecule has 5 nitrogen and oxygen atoms in total. The van der Waals surface area contributed by atoms with E-state index in [1.165, 1.54) is 12.8 Å². The highest BCUT2D eigenvalue weighted by atomic mass is 127. The van der Waals surface area contributed by atoms with Crippen molar-refractivity contribution < 1.29 is 0 Å². The maximum atomic E-state index is 4.74. The number of nitrogens with one attached hydrogen (secondary N) is 1. The van der Waals surface area contributed by atoms with E-state index in [9.17, 15) is 0 Å². The molecule has 0 spiro atoms. The van der Waals surface area contributed by atoms with Gasteiger partial charge in [-0.15, -0.1) is 24.0 Å². The van der Waals surface area contributed by atoms with E-state index in [0.717, 1.165) is 49.9 Å². The molecule has 120 valence electrons. The molecule has 0 atom stereocenters. The lowest BCUT2D eigenvalue weighted by Crippen LogP contribution is -2.39. The molecule has 0 unspecified atom stereocenters. The Morgan fingerprint density at radius 1 is 1.32 bits per heavy atom. The van der Waals surface area contributed by atoms with Gasteiger partial charge in [0.15, 0.2) is 5.96 Å². The van der Waals surface area contributed by atoms with Gasteiger partial charge in [0.2, 0.25) is 0 Å². The zero-order valence-corrected chi connectivity index (χ0v) is 15.4. The highest BCUT2D eigenvalue weighted by Crippen LogP contribution is 2.08. The summed E-state index contributed by atoms with van der Waals surface area (Å²) in [4.78, 5) is 11.7. The van der Waals surface area contributed by atoms with Crippen molar-refractivity contribution in [1.29, 1.82) is 0 Å². The van der Waals surface area contributed by atoms with Crippen LogP contribution in [0.15, 0.2) is 35.6 Å². The largest absolute Gasteiger partial charge is 0.357 e. The summed E-state index contributed by atoms with van der Waals surface area (Å²) >= 11 is 0. The summed E-state index contributed by atoms with van der Waals surface area (Å²) in [5, 5.41) is 3.39. The first-order valence-corrected chi connectivity index (χ1v) is 7.82. The number of pyridine rings is 1. The minimum atomic E-state index is 0. The molecule has 2 aromatic rings. The van der Waals surface area contributed by atoms with E-state index in [4.69, 9.17) is 4.99 Å². The van der Waals surface area contributed by atoms with Crippen molar-refractivity contribution in [3.8, 4) is 0 Å². The first-order chi connectivity index (χ1) is 10.4. The van der Waals surface area contributed by atoms with Gasteiger partial charge in [0, 0.05) is 45.0 Å². The minimum absolute atomic E-state index is 0.